The lowest BCUT2D eigenvalue weighted by atomic mass is 10.3. The van der Waals surface area contributed by atoms with Crippen LogP contribution in [0.5, 0.6) is 0 Å². The molecule has 0 bridgehead atoms. The van der Waals surface area contributed by atoms with Crippen LogP contribution in [-0.4, -0.2) is 10.9 Å². The quantitative estimate of drug-likeness (QED) is 0.876. The summed E-state index contributed by atoms with van der Waals surface area (Å²) in [6, 6.07) is 8.29. The van der Waals surface area contributed by atoms with Crippen LogP contribution in [0.1, 0.15) is 10.5 Å². The van der Waals surface area contributed by atoms with Crippen LogP contribution in [-0.2, 0) is 0 Å². The first kappa shape index (κ1) is 13.3. The lowest BCUT2D eigenvalue weighted by molar-refractivity contribution is 0.102. The molecule has 2 aromatic rings. The maximum Gasteiger partial charge on any atom is 0.274 e. The van der Waals surface area contributed by atoms with Gasteiger partial charge in [-0.25, -0.2) is 4.98 Å². The number of anilines is 1. The zero-order valence-corrected chi connectivity index (χ0v) is 12.1. The number of halogens is 3. The molecule has 1 N–H and O–H groups in total. The molecule has 18 heavy (non-hydrogen) atoms. The van der Waals surface area contributed by atoms with Gasteiger partial charge >= 0.3 is 0 Å². The van der Waals surface area contributed by atoms with Crippen LogP contribution in [0, 0.1) is 0 Å². The van der Waals surface area contributed by atoms with E-state index in [0.717, 1.165) is 4.47 Å². The first-order chi connectivity index (χ1) is 8.56. The lowest BCUT2D eigenvalue weighted by Crippen LogP contribution is -2.13. The third-order valence-corrected chi connectivity index (χ3v) is 3.29. The number of rotatable bonds is 2. The number of hydrogen-bond donors (Lipinski definition) is 1. The van der Waals surface area contributed by atoms with Gasteiger partial charge in [0.05, 0.1) is 10.7 Å². The largest absolute Gasteiger partial charge is 0.320 e. The van der Waals surface area contributed by atoms with E-state index in [-0.39, 0.29) is 11.6 Å². The Hall–Kier alpha value is -1.10. The van der Waals surface area contributed by atoms with E-state index in [4.69, 9.17) is 23.2 Å². The molecule has 1 aromatic carbocycles. The number of carbonyl (C=O) groups is 1. The van der Waals surface area contributed by atoms with Gasteiger partial charge in [0, 0.05) is 15.7 Å². The summed E-state index contributed by atoms with van der Waals surface area (Å²) in [5, 5.41) is 3.73. The highest BCUT2D eigenvalue weighted by Crippen LogP contribution is 2.26. The predicted octanol–water partition coefficient (Wildman–Crippen LogP) is 4.40. The van der Waals surface area contributed by atoms with E-state index in [9.17, 15) is 4.79 Å². The fraction of sp³-hybridized carbons (Fsp3) is 0. The molecular weight excluding hydrogens is 339 g/mol. The summed E-state index contributed by atoms with van der Waals surface area (Å²) in [5.41, 5.74) is 0.871. The molecule has 0 aliphatic heterocycles. The number of amides is 1. The van der Waals surface area contributed by atoms with Gasteiger partial charge in [-0.05, 0) is 46.3 Å². The minimum atomic E-state index is -0.324. The van der Waals surface area contributed by atoms with Crippen molar-refractivity contribution in [1.82, 2.24) is 4.98 Å². The second kappa shape index (κ2) is 5.69. The van der Waals surface area contributed by atoms with Crippen LogP contribution in [0.4, 0.5) is 5.69 Å². The third kappa shape index (κ3) is 3.22. The van der Waals surface area contributed by atoms with E-state index in [1.807, 2.05) is 0 Å². The van der Waals surface area contributed by atoms with Crippen molar-refractivity contribution >= 4 is 50.7 Å². The molecule has 1 amide bonds. The Bertz CT molecular complexity index is 587. The van der Waals surface area contributed by atoms with E-state index in [0.29, 0.717) is 15.7 Å². The topological polar surface area (TPSA) is 42.0 Å². The van der Waals surface area contributed by atoms with Gasteiger partial charge in [-0.1, -0.05) is 23.2 Å². The molecule has 0 aliphatic rings. The molecule has 1 heterocycles. The first-order valence-corrected chi connectivity index (χ1v) is 6.49. The summed E-state index contributed by atoms with van der Waals surface area (Å²) in [5.74, 6) is -0.324. The van der Waals surface area contributed by atoms with Gasteiger partial charge in [-0.15, -0.1) is 0 Å². The van der Waals surface area contributed by atoms with Crippen molar-refractivity contribution in [3.63, 3.8) is 0 Å². The van der Waals surface area contributed by atoms with Crippen molar-refractivity contribution in [3.8, 4) is 0 Å². The maximum absolute atomic E-state index is 11.9. The molecule has 0 saturated heterocycles. The molecule has 92 valence electrons. The summed E-state index contributed by atoms with van der Waals surface area (Å²) in [4.78, 5) is 15.8. The minimum absolute atomic E-state index is 0.284. The number of hydrogen-bond acceptors (Lipinski definition) is 2. The van der Waals surface area contributed by atoms with E-state index in [2.05, 4.69) is 26.2 Å². The monoisotopic (exact) mass is 344 g/mol. The fourth-order valence-corrected chi connectivity index (χ4v) is 1.92. The van der Waals surface area contributed by atoms with Crippen LogP contribution < -0.4 is 5.32 Å². The molecule has 0 unspecified atom stereocenters. The van der Waals surface area contributed by atoms with Gasteiger partial charge in [0.1, 0.15) is 5.69 Å². The summed E-state index contributed by atoms with van der Waals surface area (Å²) < 4.78 is 0.745. The van der Waals surface area contributed by atoms with Crippen LogP contribution >= 0.6 is 39.1 Å². The van der Waals surface area contributed by atoms with Crippen LogP contribution in [0.2, 0.25) is 10.0 Å². The fourth-order valence-electron chi connectivity index (χ4n) is 1.29. The highest BCUT2D eigenvalue weighted by atomic mass is 79.9. The molecule has 0 aliphatic carbocycles. The second-order valence-corrected chi connectivity index (χ2v) is 5.17. The molecule has 6 heteroatoms. The third-order valence-electron chi connectivity index (χ3n) is 2.14. The molecule has 1 aromatic heterocycles. The summed E-state index contributed by atoms with van der Waals surface area (Å²) in [6.45, 7) is 0. The van der Waals surface area contributed by atoms with Crippen molar-refractivity contribution < 1.29 is 4.79 Å². The van der Waals surface area contributed by atoms with Crippen molar-refractivity contribution in [2.75, 3.05) is 5.32 Å². The van der Waals surface area contributed by atoms with Crippen molar-refractivity contribution in [1.29, 1.82) is 0 Å². The first-order valence-electron chi connectivity index (χ1n) is 4.94. The Labute approximate surface area is 122 Å². The molecule has 2 rings (SSSR count). The normalized spacial score (nSPS) is 10.2. The average molecular weight is 346 g/mol. The van der Waals surface area contributed by atoms with Gasteiger partial charge in [-0.2, -0.15) is 0 Å². The number of carbonyl (C=O) groups excluding carboxylic acids is 1. The summed E-state index contributed by atoms with van der Waals surface area (Å²) in [7, 11) is 0. The van der Waals surface area contributed by atoms with Gasteiger partial charge in [0.25, 0.3) is 5.91 Å². The molecule has 0 fully saturated rings. The Morgan fingerprint density at radius 1 is 1.17 bits per heavy atom. The minimum Gasteiger partial charge on any atom is -0.320 e. The number of nitrogens with zero attached hydrogens (tertiary/aromatic N) is 1. The van der Waals surface area contributed by atoms with E-state index in [1.54, 1.807) is 30.3 Å². The lowest BCUT2D eigenvalue weighted by Gasteiger charge is -2.07. The van der Waals surface area contributed by atoms with E-state index >= 15 is 0 Å². The summed E-state index contributed by atoms with van der Waals surface area (Å²) in [6.07, 6.45) is 1.42. The maximum atomic E-state index is 11.9. The number of nitrogens with one attached hydrogen (secondary N) is 1. The van der Waals surface area contributed by atoms with E-state index in [1.165, 1.54) is 6.20 Å². The van der Waals surface area contributed by atoms with Crippen LogP contribution in [0.15, 0.2) is 41.0 Å². The van der Waals surface area contributed by atoms with E-state index < -0.39 is 0 Å². The van der Waals surface area contributed by atoms with Crippen molar-refractivity contribution in [3.05, 3.63) is 56.7 Å². The molecule has 0 saturated carbocycles. The average Bonchev–Trinajstić information content (AvgIpc) is 2.34. The summed E-state index contributed by atoms with van der Waals surface area (Å²) >= 11 is 14.9. The molecule has 3 nitrogen and oxygen atoms in total. The predicted molar refractivity (Wildman–Crippen MR) is 76.4 cm³/mol. The van der Waals surface area contributed by atoms with Crippen LogP contribution in [0.25, 0.3) is 0 Å². The second-order valence-electron chi connectivity index (χ2n) is 3.44. The zero-order valence-electron chi connectivity index (χ0n) is 8.95. The molecule has 0 radical (unpaired) electrons. The number of benzene rings is 1. The smallest absolute Gasteiger partial charge is 0.274 e. The Kier molecular flexibility index (Phi) is 4.22. The zero-order chi connectivity index (χ0) is 13.1. The standard InChI is InChI=1S/C12H7BrCl2N2O/c13-9-3-1-7(14)5-11(9)17-12(18)10-4-2-8(15)6-16-10/h1-6H,(H,17,18). The Morgan fingerprint density at radius 2 is 1.89 bits per heavy atom. The van der Waals surface area contributed by atoms with Gasteiger partial charge in [-0.3, -0.25) is 4.79 Å². The molecule has 0 spiro atoms. The van der Waals surface area contributed by atoms with Gasteiger partial charge in [0.2, 0.25) is 0 Å². The highest BCUT2D eigenvalue weighted by molar-refractivity contribution is 9.10. The Balaban J connectivity index is 2.21. The van der Waals surface area contributed by atoms with Gasteiger partial charge < -0.3 is 5.32 Å². The van der Waals surface area contributed by atoms with Gasteiger partial charge in [0.15, 0.2) is 0 Å². The number of aromatic nitrogens is 1. The van der Waals surface area contributed by atoms with Crippen molar-refractivity contribution in [2.24, 2.45) is 0 Å². The van der Waals surface area contributed by atoms with Crippen molar-refractivity contribution in [2.45, 2.75) is 0 Å². The SMILES string of the molecule is O=C(Nc1cc(Cl)ccc1Br)c1ccc(Cl)cn1. The van der Waals surface area contributed by atoms with Crippen LogP contribution in [0.3, 0.4) is 0 Å². The highest BCUT2D eigenvalue weighted by Gasteiger charge is 2.09. The molecule has 0 atom stereocenters. The number of pyridine rings is 1. The molecular formula is C12H7BrCl2N2O. The Morgan fingerprint density at radius 3 is 2.56 bits per heavy atom.